The van der Waals surface area contributed by atoms with Crippen LogP contribution in [0, 0.1) is 0 Å². The monoisotopic (exact) mass is 285 g/mol. The Labute approximate surface area is 124 Å². The molecule has 2 aliphatic heterocycles. The van der Waals surface area contributed by atoms with Gasteiger partial charge >= 0.3 is 0 Å². The van der Waals surface area contributed by atoms with Crippen LogP contribution in [-0.2, 0) is 14.3 Å². The van der Waals surface area contributed by atoms with Gasteiger partial charge in [-0.05, 0) is 26.3 Å². The van der Waals surface area contributed by atoms with Crippen LogP contribution in [0.4, 0.5) is 0 Å². The number of carbonyl (C=O) groups excluding carboxylic acids is 2. The third kappa shape index (κ3) is 2.29. The number of benzene rings is 1. The van der Waals surface area contributed by atoms with Gasteiger partial charge in [-0.15, -0.1) is 0 Å². The fourth-order valence-corrected chi connectivity index (χ4v) is 3.20. The van der Waals surface area contributed by atoms with Crippen molar-refractivity contribution in [2.75, 3.05) is 6.61 Å². The van der Waals surface area contributed by atoms with E-state index in [1.807, 2.05) is 43.3 Å². The molecule has 2 aliphatic rings. The molecular formula is C17H19NO3. The van der Waals surface area contributed by atoms with E-state index in [4.69, 9.17) is 4.74 Å². The minimum absolute atomic E-state index is 0.00454. The van der Waals surface area contributed by atoms with E-state index in [9.17, 15) is 9.59 Å². The first-order valence-electron chi connectivity index (χ1n) is 7.23. The molecule has 0 aromatic heterocycles. The molecule has 2 heterocycles. The van der Waals surface area contributed by atoms with Gasteiger partial charge in [-0.25, -0.2) is 0 Å². The van der Waals surface area contributed by atoms with E-state index in [1.54, 1.807) is 11.8 Å². The quantitative estimate of drug-likeness (QED) is 0.854. The van der Waals surface area contributed by atoms with Crippen LogP contribution in [0.2, 0.25) is 0 Å². The average molecular weight is 285 g/mol. The van der Waals surface area contributed by atoms with Gasteiger partial charge in [-0.1, -0.05) is 30.3 Å². The Kier molecular flexibility index (Phi) is 3.41. The predicted molar refractivity (Wildman–Crippen MR) is 78.4 cm³/mol. The van der Waals surface area contributed by atoms with Crippen molar-refractivity contribution in [2.24, 2.45) is 0 Å². The van der Waals surface area contributed by atoms with Crippen molar-refractivity contribution in [3.05, 3.63) is 47.5 Å². The van der Waals surface area contributed by atoms with E-state index in [1.165, 1.54) is 0 Å². The number of fused-ring (bicyclic) bond motifs is 1. The number of Topliss-reactive ketones (excluding diaryl/α,β-unsaturated/α-hetero) is 1. The molecule has 3 rings (SSSR count). The number of nitrogens with zero attached hydrogens (tertiary/aromatic N) is 1. The first-order chi connectivity index (χ1) is 10.0. The number of amides is 1. The summed E-state index contributed by atoms with van der Waals surface area (Å²) in [4.78, 5) is 25.7. The summed E-state index contributed by atoms with van der Waals surface area (Å²) in [6.45, 7) is 3.86. The Bertz CT molecular complexity index is 608. The summed E-state index contributed by atoms with van der Waals surface area (Å²) in [7, 11) is 0. The Hall–Kier alpha value is -1.94. The lowest BCUT2D eigenvalue weighted by Gasteiger charge is -2.32. The molecule has 0 bridgehead atoms. The maximum Gasteiger partial charge on any atom is 0.252 e. The lowest BCUT2D eigenvalue weighted by atomic mass is 9.93. The topological polar surface area (TPSA) is 46.6 Å². The molecular weight excluding hydrogens is 266 g/mol. The molecule has 0 aliphatic carbocycles. The lowest BCUT2D eigenvalue weighted by Crippen LogP contribution is -2.44. The van der Waals surface area contributed by atoms with Gasteiger partial charge in [0.1, 0.15) is 5.78 Å². The predicted octanol–water partition coefficient (Wildman–Crippen LogP) is 2.61. The molecule has 4 heteroatoms. The summed E-state index contributed by atoms with van der Waals surface area (Å²) < 4.78 is 5.91. The number of ether oxygens (including phenoxy) is 1. The second kappa shape index (κ2) is 5.11. The molecule has 1 amide bonds. The summed E-state index contributed by atoms with van der Waals surface area (Å²) >= 11 is 0. The Morgan fingerprint density at radius 2 is 2.10 bits per heavy atom. The van der Waals surface area contributed by atoms with Gasteiger partial charge in [0.2, 0.25) is 0 Å². The number of hydrogen-bond acceptors (Lipinski definition) is 3. The third-order valence-corrected chi connectivity index (χ3v) is 4.24. The molecule has 1 fully saturated rings. The molecule has 0 N–H and O–H groups in total. The minimum Gasteiger partial charge on any atom is -0.351 e. The average Bonchev–Trinajstić information content (AvgIpc) is 2.95. The molecule has 21 heavy (non-hydrogen) atoms. The standard InChI is InChI=1S/C17H19NO3/c1-12-10-17(9-8-13(2)19)11-21-16(18(17)15(12)20)14-6-4-3-5-7-14/h3-7,10,16H,8-9,11H2,1-2H3/t16-,17+/m1/s1. The van der Waals surface area contributed by atoms with Crippen molar-refractivity contribution in [1.29, 1.82) is 0 Å². The SMILES string of the molecule is CC(=O)CC[C@@]12C=C(C)C(=O)N1[C@@H](c1ccccc1)OC2. The van der Waals surface area contributed by atoms with Crippen molar-refractivity contribution in [2.45, 2.75) is 38.5 Å². The van der Waals surface area contributed by atoms with Gasteiger partial charge in [-0.3, -0.25) is 9.69 Å². The van der Waals surface area contributed by atoms with Gasteiger partial charge in [-0.2, -0.15) is 0 Å². The van der Waals surface area contributed by atoms with Crippen LogP contribution < -0.4 is 0 Å². The van der Waals surface area contributed by atoms with Crippen LogP contribution >= 0.6 is 0 Å². The van der Waals surface area contributed by atoms with Crippen LogP contribution in [0.1, 0.15) is 38.5 Å². The van der Waals surface area contributed by atoms with Crippen molar-refractivity contribution in [3.63, 3.8) is 0 Å². The van der Waals surface area contributed by atoms with Gasteiger partial charge in [0, 0.05) is 17.6 Å². The first-order valence-corrected chi connectivity index (χ1v) is 7.23. The first kappa shape index (κ1) is 14.0. The zero-order valence-corrected chi connectivity index (χ0v) is 12.3. The summed E-state index contributed by atoms with van der Waals surface area (Å²) in [5.41, 5.74) is 1.24. The van der Waals surface area contributed by atoms with Crippen molar-refractivity contribution in [3.8, 4) is 0 Å². The highest BCUT2D eigenvalue weighted by atomic mass is 16.5. The molecule has 0 saturated carbocycles. The summed E-state index contributed by atoms with van der Waals surface area (Å²) in [5, 5.41) is 0. The summed E-state index contributed by atoms with van der Waals surface area (Å²) in [6, 6.07) is 9.75. The zero-order valence-electron chi connectivity index (χ0n) is 12.3. The van der Waals surface area contributed by atoms with Crippen molar-refractivity contribution < 1.29 is 14.3 Å². The maximum atomic E-state index is 12.5. The van der Waals surface area contributed by atoms with E-state index >= 15 is 0 Å². The second-order valence-corrected chi connectivity index (χ2v) is 5.88. The van der Waals surface area contributed by atoms with Gasteiger partial charge in [0.25, 0.3) is 5.91 Å². The highest BCUT2D eigenvalue weighted by Gasteiger charge is 2.53. The molecule has 1 aromatic carbocycles. The highest BCUT2D eigenvalue weighted by molar-refractivity contribution is 5.97. The van der Waals surface area contributed by atoms with E-state index in [2.05, 4.69) is 0 Å². The van der Waals surface area contributed by atoms with E-state index in [0.717, 1.165) is 11.1 Å². The van der Waals surface area contributed by atoms with Gasteiger partial charge in [0.15, 0.2) is 6.23 Å². The summed E-state index contributed by atoms with van der Waals surface area (Å²) in [6.07, 6.45) is 2.69. The van der Waals surface area contributed by atoms with Crippen molar-refractivity contribution >= 4 is 11.7 Å². The zero-order chi connectivity index (χ0) is 15.0. The van der Waals surface area contributed by atoms with E-state index in [-0.39, 0.29) is 17.9 Å². The summed E-state index contributed by atoms with van der Waals surface area (Å²) in [5.74, 6) is 0.141. The molecule has 2 atom stereocenters. The fraction of sp³-hybridized carbons (Fsp3) is 0.412. The fourth-order valence-electron chi connectivity index (χ4n) is 3.20. The van der Waals surface area contributed by atoms with Crippen molar-refractivity contribution in [1.82, 2.24) is 4.90 Å². The van der Waals surface area contributed by atoms with Crippen LogP contribution in [0.15, 0.2) is 42.0 Å². The molecule has 0 unspecified atom stereocenters. The van der Waals surface area contributed by atoms with Crippen LogP contribution in [0.5, 0.6) is 0 Å². The largest absolute Gasteiger partial charge is 0.351 e. The number of rotatable bonds is 4. The van der Waals surface area contributed by atoms with E-state index in [0.29, 0.717) is 19.4 Å². The number of carbonyl (C=O) groups is 2. The smallest absolute Gasteiger partial charge is 0.252 e. The normalized spacial score (nSPS) is 27.7. The highest BCUT2D eigenvalue weighted by Crippen LogP contribution is 2.45. The molecule has 0 spiro atoms. The number of hydrogen-bond donors (Lipinski definition) is 0. The Morgan fingerprint density at radius 3 is 2.76 bits per heavy atom. The van der Waals surface area contributed by atoms with Crippen LogP contribution in [-0.4, -0.2) is 28.7 Å². The molecule has 1 saturated heterocycles. The van der Waals surface area contributed by atoms with Gasteiger partial charge < -0.3 is 9.53 Å². The Balaban J connectivity index is 1.93. The lowest BCUT2D eigenvalue weighted by molar-refractivity contribution is -0.134. The van der Waals surface area contributed by atoms with E-state index < -0.39 is 5.54 Å². The minimum atomic E-state index is -0.465. The molecule has 1 aromatic rings. The Morgan fingerprint density at radius 1 is 1.38 bits per heavy atom. The second-order valence-electron chi connectivity index (χ2n) is 5.88. The maximum absolute atomic E-state index is 12.5. The molecule has 0 radical (unpaired) electrons. The van der Waals surface area contributed by atoms with Crippen LogP contribution in [0.3, 0.4) is 0 Å². The van der Waals surface area contributed by atoms with Crippen LogP contribution in [0.25, 0.3) is 0 Å². The third-order valence-electron chi connectivity index (χ3n) is 4.24. The molecule has 110 valence electrons. The molecule has 4 nitrogen and oxygen atoms in total. The number of ketones is 1. The van der Waals surface area contributed by atoms with Gasteiger partial charge in [0.05, 0.1) is 12.1 Å².